The second-order valence-corrected chi connectivity index (χ2v) is 8.49. The molecule has 0 N–H and O–H groups in total. The summed E-state index contributed by atoms with van der Waals surface area (Å²) in [5.41, 5.74) is 0.111. The van der Waals surface area contributed by atoms with Gasteiger partial charge in [-0.15, -0.1) is 0 Å². The molecule has 2 heterocycles. The summed E-state index contributed by atoms with van der Waals surface area (Å²) in [6.45, 7) is 0.539. The molecule has 3 aromatic rings. The second-order valence-electron chi connectivity index (χ2n) is 6.59. The molecule has 0 radical (unpaired) electrons. The van der Waals surface area contributed by atoms with Gasteiger partial charge in [-0.3, -0.25) is 0 Å². The van der Waals surface area contributed by atoms with Crippen LogP contribution in [-0.2, 0) is 10.0 Å². The fourth-order valence-electron chi connectivity index (χ4n) is 3.27. The molecule has 1 fully saturated rings. The number of benzene rings is 2. The molecule has 10 heteroatoms. The Morgan fingerprint density at radius 3 is 2.23 bits per heavy atom. The SMILES string of the molecule is N#Cc1nc(-c2ccccc2F)oc1N1CCN(S(=O)(=O)c2ccccc2F)CC1. The van der Waals surface area contributed by atoms with Crippen molar-refractivity contribution >= 4 is 15.9 Å². The first-order chi connectivity index (χ1) is 14.4. The fraction of sp³-hybridized carbons (Fsp3) is 0.200. The van der Waals surface area contributed by atoms with Gasteiger partial charge < -0.3 is 9.32 Å². The van der Waals surface area contributed by atoms with Gasteiger partial charge in [-0.25, -0.2) is 17.2 Å². The third-order valence-electron chi connectivity index (χ3n) is 4.80. The number of oxazole rings is 1. The Morgan fingerprint density at radius 2 is 1.60 bits per heavy atom. The lowest BCUT2D eigenvalue weighted by Gasteiger charge is -2.33. The molecule has 2 aromatic carbocycles. The molecule has 0 atom stereocenters. The summed E-state index contributed by atoms with van der Waals surface area (Å²) in [6.07, 6.45) is 0. The number of aromatic nitrogens is 1. The summed E-state index contributed by atoms with van der Waals surface area (Å²) in [5.74, 6) is -1.22. The number of hydrogen-bond donors (Lipinski definition) is 0. The minimum Gasteiger partial charge on any atom is -0.419 e. The summed E-state index contributed by atoms with van der Waals surface area (Å²) in [4.78, 5) is 5.36. The van der Waals surface area contributed by atoms with Crippen LogP contribution in [0.3, 0.4) is 0 Å². The molecule has 1 aromatic heterocycles. The number of sulfonamides is 1. The number of hydrogen-bond acceptors (Lipinski definition) is 6. The van der Waals surface area contributed by atoms with E-state index in [-0.39, 0.29) is 54.1 Å². The van der Waals surface area contributed by atoms with Crippen molar-refractivity contribution in [3.63, 3.8) is 0 Å². The van der Waals surface area contributed by atoms with Crippen molar-refractivity contribution in [2.45, 2.75) is 4.90 Å². The number of halogens is 2. The van der Waals surface area contributed by atoms with Gasteiger partial charge in [-0.05, 0) is 24.3 Å². The zero-order valence-electron chi connectivity index (χ0n) is 15.6. The molecule has 0 aliphatic carbocycles. The molecule has 1 aliphatic heterocycles. The van der Waals surface area contributed by atoms with E-state index in [0.29, 0.717) is 0 Å². The highest BCUT2D eigenvalue weighted by Crippen LogP contribution is 2.31. The van der Waals surface area contributed by atoms with Gasteiger partial charge in [-0.1, -0.05) is 24.3 Å². The first-order valence-electron chi connectivity index (χ1n) is 9.07. The Labute approximate surface area is 171 Å². The van der Waals surface area contributed by atoms with Gasteiger partial charge in [0.05, 0.1) is 5.56 Å². The Morgan fingerprint density at radius 1 is 0.967 bits per heavy atom. The largest absolute Gasteiger partial charge is 0.419 e. The van der Waals surface area contributed by atoms with Gasteiger partial charge in [0.2, 0.25) is 27.5 Å². The summed E-state index contributed by atoms with van der Waals surface area (Å²) in [7, 11) is -3.99. The summed E-state index contributed by atoms with van der Waals surface area (Å²) >= 11 is 0. The first-order valence-corrected chi connectivity index (χ1v) is 10.5. The van der Waals surface area contributed by atoms with E-state index in [0.717, 1.165) is 6.07 Å². The molecule has 0 spiro atoms. The van der Waals surface area contributed by atoms with Gasteiger partial charge in [-0.2, -0.15) is 14.6 Å². The topological polar surface area (TPSA) is 90.4 Å². The molecule has 0 saturated carbocycles. The highest BCUT2D eigenvalue weighted by atomic mass is 32.2. The second kappa shape index (κ2) is 7.85. The average Bonchev–Trinajstić information content (AvgIpc) is 3.18. The van der Waals surface area contributed by atoms with E-state index in [1.807, 2.05) is 6.07 Å². The number of piperazine rings is 1. The van der Waals surface area contributed by atoms with Crippen molar-refractivity contribution in [1.29, 1.82) is 5.26 Å². The van der Waals surface area contributed by atoms with Crippen LogP contribution in [0, 0.1) is 23.0 Å². The molecule has 0 amide bonds. The third-order valence-corrected chi connectivity index (χ3v) is 6.73. The van der Waals surface area contributed by atoms with Crippen LogP contribution in [0.15, 0.2) is 57.8 Å². The molecule has 4 rings (SSSR count). The standard InChI is InChI=1S/C20H16F2N4O3S/c21-15-6-2-1-5-14(15)19-24-17(13-23)20(29-19)25-9-11-26(12-10-25)30(27,28)18-8-4-3-7-16(18)22/h1-8H,9-12H2. The molecule has 0 unspecified atom stereocenters. The van der Waals surface area contributed by atoms with Crippen LogP contribution in [-0.4, -0.2) is 43.9 Å². The molecule has 7 nitrogen and oxygen atoms in total. The van der Waals surface area contributed by atoms with Crippen LogP contribution in [0.2, 0.25) is 0 Å². The molecular formula is C20H16F2N4O3S. The van der Waals surface area contributed by atoms with Crippen molar-refractivity contribution in [1.82, 2.24) is 9.29 Å². The zero-order chi connectivity index (χ0) is 21.3. The van der Waals surface area contributed by atoms with Crippen molar-refractivity contribution < 1.29 is 21.6 Å². The molecule has 0 bridgehead atoms. The predicted molar refractivity (Wildman–Crippen MR) is 104 cm³/mol. The third kappa shape index (κ3) is 3.53. The maximum atomic E-state index is 14.0. The van der Waals surface area contributed by atoms with Crippen LogP contribution in [0.1, 0.15) is 5.69 Å². The Hall–Kier alpha value is -3.29. The van der Waals surface area contributed by atoms with Gasteiger partial charge in [0.25, 0.3) is 0 Å². The molecule has 30 heavy (non-hydrogen) atoms. The van der Waals surface area contributed by atoms with E-state index >= 15 is 0 Å². The molecule has 154 valence electrons. The number of nitrogens with zero attached hydrogens (tertiary/aromatic N) is 4. The lowest BCUT2D eigenvalue weighted by Crippen LogP contribution is -2.48. The lowest BCUT2D eigenvalue weighted by atomic mass is 10.2. The number of nitriles is 1. The monoisotopic (exact) mass is 430 g/mol. The number of rotatable bonds is 4. The van der Waals surface area contributed by atoms with Crippen molar-refractivity contribution in [2.24, 2.45) is 0 Å². The van der Waals surface area contributed by atoms with E-state index in [2.05, 4.69) is 4.98 Å². The van der Waals surface area contributed by atoms with Crippen molar-refractivity contribution in [3.8, 4) is 17.5 Å². The Bertz CT molecular complexity index is 1230. The highest BCUT2D eigenvalue weighted by molar-refractivity contribution is 7.89. The number of anilines is 1. The van der Waals surface area contributed by atoms with E-state index in [4.69, 9.17) is 4.42 Å². The zero-order valence-corrected chi connectivity index (χ0v) is 16.4. The smallest absolute Gasteiger partial charge is 0.246 e. The van der Waals surface area contributed by atoms with Crippen molar-refractivity contribution in [2.75, 3.05) is 31.1 Å². The molecule has 1 saturated heterocycles. The summed E-state index contributed by atoms with van der Waals surface area (Å²) < 4.78 is 60.3. The predicted octanol–water partition coefficient (Wildman–Crippen LogP) is 3.00. The van der Waals surface area contributed by atoms with Crippen LogP contribution in [0.5, 0.6) is 0 Å². The minimum atomic E-state index is -3.99. The molecule has 1 aliphatic rings. The van der Waals surface area contributed by atoms with E-state index in [1.165, 1.54) is 40.7 Å². The molecular weight excluding hydrogens is 414 g/mol. The highest BCUT2D eigenvalue weighted by Gasteiger charge is 2.32. The maximum absolute atomic E-state index is 14.0. The van der Waals surface area contributed by atoms with Gasteiger partial charge in [0, 0.05) is 26.2 Å². The average molecular weight is 430 g/mol. The van der Waals surface area contributed by atoms with Gasteiger partial charge in [0.1, 0.15) is 22.6 Å². The summed E-state index contributed by atoms with van der Waals surface area (Å²) in [5, 5.41) is 9.40. The summed E-state index contributed by atoms with van der Waals surface area (Å²) in [6, 6.07) is 13.0. The lowest BCUT2D eigenvalue weighted by molar-refractivity contribution is 0.372. The van der Waals surface area contributed by atoms with Gasteiger partial charge >= 0.3 is 0 Å². The van der Waals surface area contributed by atoms with Crippen LogP contribution in [0.25, 0.3) is 11.5 Å². The maximum Gasteiger partial charge on any atom is 0.246 e. The van der Waals surface area contributed by atoms with Crippen LogP contribution >= 0.6 is 0 Å². The first kappa shape index (κ1) is 20.0. The van der Waals surface area contributed by atoms with E-state index < -0.39 is 21.7 Å². The van der Waals surface area contributed by atoms with Crippen molar-refractivity contribution in [3.05, 3.63) is 65.9 Å². The van der Waals surface area contributed by atoms with Gasteiger partial charge in [0.15, 0.2) is 0 Å². The van der Waals surface area contributed by atoms with Crippen LogP contribution in [0.4, 0.5) is 14.7 Å². The quantitative estimate of drug-likeness (QED) is 0.632. The Kier molecular flexibility index (Phi) is 5.24. The van der Waals surface area contributed by atoms with E-state index in [1.54, 1.807) is 11.0 Å². The Balaban J connectivity index is 1.56. The normalized spacial score (nSPS) is 15.2. The van der Waals surface area contributed by atoms with Crippen LogP contribution < -0.4 is 4.90 Å². The van der Waals surface area contributed by atoms with E-state index in [9.17, 15) is 22.5 Å². The minimum absolute atomic E-state index is 0.0151. The fourth-order valence-corrected chi connectivity index (χ4v) is 4.76.